The number of rotatable bonds is 3. The number of hydrogen-bond acceptors (Lipinski definition) is 2. The highest BCUT2D eigenvalue weighted by Crippen LogP contribution is 2.36. The first-order chi connectivity index (χ1) is 10.8. The van der Waals surface area contributed by atoms with Gasteiger partial charge in [0.25, 0.3) is 0 Å². The number of azide groups is 1. The average molecular weight is 292 g/mol. The van der Waals surface area contributed by atoms with Gasteiger partial charge in [-0.1, -0.05) is 41.5 Å². The number of benzene rings is 2. The lowest BCUT2D eigenvalue weighted by Crippen LogP contribution is -2.27. The fourth-order valence-electron chi connectivity index (χ4n) is 2.85. The van der Waals surface area contributed by atoms with Crippen molar-refractivity contribution in [3.63, 3.8) is 0 Å². The number of aryl methyl sites for hydroxylation is 2. The standard InChI is InChI=1S/C17H16N4O/c18-20-19-12-11-17(22)21-15-7-3-1-5-13(15)9-10-14-6-2-4-8-16(14)21/h1-8H,9-12H2. The summed E-state index contributed by atoms with van der Waals surface area (Å²) in [6.45, 7) is 0.177. The molecule has 0 saturated carbocycles. The van der Waals surface area contributed by atoms with Crippen LogP contribution in [0.3, 0.4) is 0 Å². The molecule has 1 aliphatic rings. The third-order valence-electron chi connectivity index (χ3n) is 3.87. The van der Waals surface area contributed by atoms with Gasteiger partial charge in [-0.25, -0.2) is 0 Å². The van der Waals surface area contributed by atoms with E-state index in [2.05, 4.69) is 22.2 Å². The minimum atomic E-state index is -0.0470. The Morgan fingerprint density at radius 1 is 1.05 bits per heavy atom. The number of anilines is 2. The molecule has 0 spiro atoms. The lowest BCUT2D eigenvalue weighted by molar-refractivity contribution is -0.117. The molecule has 1 amide bonds. The average Bonchev–Trinajstić information content (AvgIpc) is 2.72. The van der Waals surface area contributed by atoms with Crippen LogP contribution in [0, 0.1) is 0 Å². The van der Waals surface area contributed by atoms with E-state index in [1.165, 1.54) is 0 Å². The molecule has 1 aliphatic heterocycles. The molecule has 1 heterocycles. The molecule has 110 valence electrons. The van der Waals surface area contributed by atoms with Gasteiger partial charge in [-0.15, -0.1) is 0 Å². The monoisotopic (exact) mass is 292 g/mol. The second-order valence-electron chi connectivity index (χ2n) is 5.19. The lowest BCUT2D eigenvalue weighted by atomic mass is 10.0. The molecule has 0 aromatic heterocycles. The summed E-state index contributed by atoms with van der Waals surface area (Å²) in [5.41, 5.74) is 12.6. The Labute approximate surface area is 128 Å². The summed E-state index contributed by atoms with van der Waals surface area (Å²) in [5, 5.41) is 3.48. The van der Waals surface area contributed by atoms with Crippen LogP contribution >= 0.6 is 0 Å². The van der Waals surface area contributed by atoms with Crippen LogP contribution in [0.1, 0.15) is 17.5 Å². The Kier molecular flexibility index (Phi) is 4.08. The van der Waals surface area contributed by atoms with E-state index >= 15 is 0 Å². The van der Waals surface area contributed by atoms with E-state index in [1.54, 1.807) is 4.90 Å². The van der Waals surface area contributed by atoms with Crippen LogP contribution in [0.25, 0.3) is 10.4 Å². The van der Waals surface area contributed by atoms with Crippen molar-refractivity contribution in [2.45, 2.75) is 19.3 Å². The summed E-state index contributed by atoms with van der Waals surface area (Å²) in [7, 11) is 0. The summed E-state index contributed by atoms with van der Waals surface area (Å²) in [4.78, 5) is 17.2. The second-order valence-corrected chi connectivity index (χ2v) is 5.19. The number of amides is 1. The maximum absolute atomic E-state index is 12.7. The molecule has 0 saturated heterocycles. The number of carbonyl (C=O) groups is 1. The van der Waals surface area contributed by atoms with Gasteiger partial charge in [0.1, 0.15) is 0 Å². The van der Waals surface area contributed by atoms with Gasteiger partial charge in [0.05, 0.1) is 11.4 Å². The molecule has 5 heteroatoms. The van der Waals surface area contributed by atoms with Gasteiger partial charge in [0, 0.05) is 17.9 Å². The molecule has 22 heavy (non-hydrogen) atoms. The third kappa shape index (κ3) is 2.67. The summed E-state index contributed by atoms with van der Waals surface area (Å²) in [5.74, 6) is -0.0470. The summed E-state index contributed by atoms with van der Waals surface area (Å²) < 4.78 is 0. The quantitative estimate of drug-likeness (QED) is 0.476. The Balaban J connectivity index is 2.05. The van der Waals surface area contributed by atoms with Crippen molar-refractivity contribution in [1.82, 2.24) is 0 Å². The fraction of sp³-hybridized carbons (Fsp3) is 0.235. The van der Waals surface area contributed by atoms with Gasteiger partial charge in [0.2, 0.25) is 5.91 Å². The first-order valence-electron chi connectivity index (χ1n) is 7.31. The lowest BCUT2D eigenvalue weighted by Gasteiger charge is -2.24. The molecule has 0 N–H and O–H groups in total. The van der Waals surface area contributed by atoms with Crippen LogP contribution in [0.15, 0.2) is 53.6 Å². The molecule has 0 aliphatic carbocycles. The molecule has 2 aromatic carbocycles. The molecule has 0 radical (unpaired) electrons. The Morgan fingerprint density at radius 3 is 2.14 bits per heavy atom. The van der Waals surface area contributed by atoms with E-state index in [-0.39, 0.29) is 18.9 Å². The minimum absolute atomic E-state index is 0.0470. The zero-order chi connectivity index (χ0) is 15.4. The first kappa shape index (κ1) is 14.2. The molecular weight excluding hydrogens is 276 g/mol. The van der Waals surface area contributed by atoms with Crippen molar-refractivity contribution in [2.75, 3.05) is 11.4 Å². The van der Waals surface area contributed by atoms with Crippen LogP contribution in [-0.4, -0.2) is 12.5 Å². The number of para-hydroxylation sites is 2. The van der Waals surface area contributed by atoms with E-state index in [9.17, 15) is 4.79 Å². The van der Waals surface area contributed by atoms with Crippen LogP contribution in [0.5, 0.6) is 0 Å². The van der Waals surface area contributed by atoms with Crippen molar-refractivity contribution in [1.29, 1.82) is 0 Å². The van der Waals surface area contributed by atoms with Gasteiger partial charge >= 0.3 is 0 Å². The van der Waals surface area contributed by atoms with E-state index in [0.29, 0.717) is 0 Å². The van der Waals surface area contributed by atoms with Crippen LogP contribution in [-0.2, 0) is 17.6 Å². The van der Waals surface area contributed by atoms with Crippen molar-refractivity contribution in [3.8, 4) is 0 Å². The Bertz CT molecular complexity index is 702. The maximum Gasteiger partial charge on any atom is 0.231 e. The van der Waals surface area contributed by atoms with Gasteiger partial charge < -0.3 is 0 Å². The van der Waals surface area contributed by atoms with Crippen molar-refractivity contribution >= 4 is 17.3 Å². The Hall–Kier alpha value is -2.78. The smallest absolute Gasteiger partial charge is 0.231 e. The van der Waals surface area contributed by atoms with E-state index in [1.807, 2.05) is 36.4 Å². The minimum Gasteiger partial charge on any atom is -0.281 e. The maximum atomic E-state index is 12.7. The highest BCUT2D eigenvalue weighted by atomic mass is 16.2. The predicted molar refractivity (Wildman–Crippen MR) is 86.1 cm³/mol. The third-order valence-corrected chi connectivity index (χ3v) is 3.87. The van der Waals surface area contributed by atoms with Crippen LogP contribution < -0.4 is 4.90 Å². The highest BCUT2D eigenvalue weighted by Gasteiger charge is 2.24. The Morgan fingerprint density at radius 2 is 1.59 bits per heavy atom. The van der Waals surface area contributed by atoms with Gasteiger partial charge in [0.15, 0.2) is 0 Å². The molecular formula is C17H16N4O. The molecule has 0 atom stereocenters. The molecule has 5 nitrogen and oxygen atoms in total. The summed E-state index contributed by atoms with van der Waals surface area (Å²) >= 11 is 0. The van der Waals surface area contributed by atoms with E-state index in [4.69, 9.17) is 5.53 Å². The SMILES string of the molecule is [N-]=[N+]=NCCC(=O)N1c2ccccc2CCc2ccccc21. The summed E-state index contributed by atoms with van der Waals surface area (Å²) in [6.07, 6.45) is 2.02. The van der Waals surface area contributed by atoms with E-state index < -0.39 is 0 Å². The van der Waals surface area contributed by atoms with Crippen molar-refractivity contribution in [3.05, 3.63) is 70.1 Å². The number of carbonyl (C=O) groups excluding carboxylic acids is 1. The topological polar surface area (TPSA) is 69.1 Å². The molecule has 3 rings (SSSR count). The van der Waals surface area contributed by atoms with Gasteiger partial charge in [-0.2, -0.15) is 0 Å². The van der Waals surface area contributed by atoms with Crippen LogP contribution in [0.4, 0.5) is 11.4 Å². The number of hydrogen-bond donors (Lipinski definition) is 0. The second kappa shape index (κ2) is 6.33. The van der Waals surface area contributed by atoms with Crippen molar-refractivity contribution < 1.29 is 4.79 Å². The largest absolute Gasteiger partial charge is 0.281 e. The van der Waals surface area contributed by atoms with E-state index in [0.717, 1.165) is 35.3 Å². The molecule has 0 unspecified atom stereocenters. The zero-order valence-electron chi connectivity index (χ0n) is 12.1. The van der Waals surface area contributed by atoms with Crippen LogP contribution in [0.2, 0.25) is 0 Å². The molecule has 0 fully saturated rings. The molecule has 2 aromatic rings. The predicted octanol–water partition coefficient (Wildman–Crippen LogP) is 4.15. The van der Waals surface area contributed by atoms with Gasteiger partial charge in [-0.3, -0.25) is 9.69 Å². The molecule has 0 bridgehead atoms. The number of fused-ring (bicyclic) bond motifs is 2. The fourth-order valence-corrected chi connectivity index (χ4v) is 2.85. The van der Waals surface area contributed by atoms with Gasteiger partial charge in [-0.05, 0) is 41.6 Å². The number of nitrogens with zero attached hydrogens (tertiary/aromatic N) is 4. The normalized spacial score (nSPS) is 12.6. The highest BCUT2D eigenvalue weighted by molar-refractivity contribution is 6.02. The first-order valence-corrected chi connectivity index (χ1v) is 7.31. The zero-order valence-corrected chi connectivity index (χ0v) is 12.1. The summed E-state index contributed by atoms with van der Waals surface area (Å²) in [6, 6.07) is 16.0. The van der Waals surface area contributed by atoms with Crippen molar-refractivity contribution in [2.24, 2.45) is 5.11 Å².